The predicted molar refractivity (Wildman–Crippen MR) is 68.6 cm³/mol. The summed E-state index contributed by atoms with van der Waals surface area (Å²) in [7, 11) is 0. The van der Waals surface area contributed by atoms with Gasteiger partial charge < -0.3 is 5.11 Å². The molecule has 0 radical (unpaired) electrons. The van der Waals surface area contributed by atoms with Crippen molar-refractivity contribution in [3.8, 4) is 0 Å². The molecule has 0 aliphatic rings. The molecule has 0 spiro atoms. The summed E-state index contributed by atoms with van der Waals surface area (Å²) in [6.07, 6.45) is 11.1. The third-order valence-electron chi connectivity index (χ3n) is 2.67. The smallest absolute Gasteiger partial charge is 0.0591 e. The van der Waals surface area contributed by atoms with Crippen LogP contribution in [0.2, 0.25) is 0 Å². The van der Waals surface area contributed by atoms with E-state index in [1.54, 1.807) is 0 Å². The van der Waals surface area contributed by atoms with Crippen molar-refractivity contribution in [1.29, 1.82) is 0 Å². The molecule has 0 aliphatic heterocycles. The Balaban J connectivity index is 2.99. The Labute approximate surface area is 100 Å². The molecule has 2 heteroatoms. The van der Waals surface area contributed by atoms with E-state index in [4.69, 9.17) is 11.6 Å². The summed E-state index contributed by atoms with van der Waals surface area (Å²) >= 11 is 5.60. The molecule has 0 atom stereocenters. The molecule has 15 heavy (non-hydrogen) atoms. The van der Waals surface area contributed by atoms with Crippen LogP contribution in [-0.2, 0) is 0 Å². The summed E-state index contributed by atoms with van der Waals surface area (Å²) in [5.41, 5.74) is -0.472. The zero-order valence-electron chi connectivity index (χ0n) is 10.4. The fraction of sp³-hybridized carbons (Fsp3) is 1.00. The SMILES string of the molecule is CC(C)(O)CCCCCCCCCCCl. The van der Waals surface area contributed by atoms with Gasteiger partial charge in [0.05, 0.1) is 5.60 Å². The number of hydrogen-bond donors (Lipinski definition) is 1. The second-order valence-corrected chi connectivity index (χ2v) is 5.46. The summed E-state index contributed by atoms with van der Waals surface area (Å²) in [5.74, 6) is 0.811. The van der Waals surface area contributed by atoms with E-state index in [1.165, 1.54) is 44.9 Å². The van der Waals surface area contributed by atoms with Gasteiger partial charge in [-0.3, -0.25) is 0 Å². The number of alkyl halides is 1. The first-order chi connectivity index (χ1) is 7.06. The van der Waals surface area contributed by atoms with Crippen molar-refractivity contribution in [3.05, 3.63) is 0 Å². The Morgan fingerprint density at radius 1 is 0.800 bits per heavy atom. The summed E-state index contributed by atoms with van der Waals surface area (Å²) in [6, 6.07) is 0. The Hall–Kier alpha value is 0.250. The Bertz CT molecular complexity index is 129. The second-order valence-electron chi connectivity index (χ2n) is 5.08. The topological polar surface area (TPSA) is 20.2 Å². The molecule has 0 bridgehead atoms. The van der Waals surface area contributed by atoms with Gasteiger partial charge in [0.1, 0.15) is 0 Å². The average molecular weight is 235 g/mol. The van der Waals surface area contributed by atoms with E-state index in [0.29, 0.717) is 0 Å². The highest BCUT2D eigenvalue weighted by Gasteiger charge is 2.10. The van der Waals surface area contributed by atoms with Gasteiger partial charge in [-0.15, -0.1) is 11.6 Å². The number of hydrogen-bond acceptors (Lipinski definition) is 1. The third-order valence-corrected chi connectivity index (χ3v) is 2.94. The van der Waals surface area contributed by atoms with Crippen molar-refractivity contribution in [2.75, 3.05) is 5.88 Å². The predicted octanol–water partition coefficient (Wildman–Crippen LogP) is 4.51. The van der Waals surface area contributed by atoms with Crippen LogP contribution in [0.4, 0.5) is 0 Å². The standard InChI is InChI=1S/C13H27ClO/c1-13(2,15)11-9-7-5-3-4-6-8-10-12-14/h15H,3-12H2,1-2H3. The van der Waals surface area contributed by atoms with Gasteiger partial charge in [0.2, 0.25) is 0 Å². The molecule has 0 amide bonds. The molecule has 92 valence electrons. The Morgan fingerprint density at radius 3 is 1.60 bits per heavy atom. The molecule has 0 aromatic heterocycles. The molecule has 0 aliphatic carbocycles. The van der Waals surface area contributed by atoms with E-state index < -0.39 is 5.60 Å². The van der Waals surface area contributed by atoms with Gasteiger partial charge in [0.15, 0.2) is 0 Å². The molecular weight excluding hydrogens is 208 g/mol. The maximum Gasteiger partial charge on any atom is 0.0591 e. The lowest BCUT2D eigenvalue weighted by Crippen LogP contribution is -2.17. The summed E-state index contributed by atoms with van der Waals surface area (Å²) in [5, 5.41) is 9.50. The highest BCUT2D eigenvalue weighted by atomic mass is 35.5. The maximum absolute atomic E-state index is 9.50. The summed E-state index contributed by atoms with van der Waals surface area (Å²) in [4.78, 5) is 0. The first-order valence-electron chi connectivity index (χ1n) is 6.34. The zero-order chi connectivity index (χ0) is 11.6. The maximum atomic E-state index is 9.50. The largest absolute Gasteiger partial charge is 0.390 e. The summed E-state index contributed by atoms with van der Waals surface area (Å²) in [6.45, 7) is 3.78. The highest BCUT2D eigenvalue weighted by Crippen LogP contribution is 2.15. The van der Waals surface area contributed by atoms with Gasteiger partial charge in [0, 0.05) is 5.88 Å². The molecular formula is C13H27ClO. The quantitative estimate of drug-likeness (QED) is 0.436. The molecule has 1 N–H and O–H groups in total. The third kappa shape index (κ3) is 14.2. The molecule has 0 heterocycles. The molecule has 0 aromatic rings. The Morgan fingerprint density at radius 2 is 1.20 bits per heavy atom. The molecule has 0 saturated carbocycles. The molecule has 0 saturated heterocycles. The zero-order valence-corrected chi connectivity index (χ0v) is 11.2. The van der Waals surface area contributed by atoms with Crippen molar-refractivity contribution < 1.29 is 5.11 Å². The average Bonchev–Trinajstić information content (AvgIpc) is 2.14. The van der Waals surface area contributed by atoms with Crippen LogP contribution >= 0.6 is 11.6 Å². The molecule has 0 unspecified atom stereocenters. The lowest BCUT2D eigenvalue weighted by atomic mass is 9.99. The minimum absolute atomic E-state index is 0.472. The van der Waals surface area contributed by atoms with Crippen LogP contribution in [0.5, 0.6) is 0 Å². The minimum atomic E-state index is -0.472. The lowest BCUT2D eigenvalue weighted by molar-refractivity contribution is 0.0680. The number of rotatable bonds is 10. The molecule has 1 nitrogen and oxygen atoms in total. The minimum Gasteiger partial charge on any atom is -0.390 e. The van der Waals surface area contributed by atoms with Crippen molar-refractivity contribution in [2.24, 2.45) is 0 Å². The van der Waals surface area contributed by atoms with E-state index in [2.05, 4.69) is 0 Å². The van der Waals surface area contributed by atoms with Crippen LogP contribution in [0.1, 0.15) is 71.6 Å². The van der Waals surface area contributed by atoms with Gasteiger partial charge in [-0.1, -0.05) is 44.9 Å². The number of aliphatic hydroxyl groups is 1. The van der Waals surface area contributed by atoms with Crippen molar-refractivity contribution >= 4 is 11.6 Å². The van der Waals surface area contributed by atoms with Crippen LogP contribution < -0.4 is 0 Å². The van der Waals surface area contributed by atoms with Crippen molar-refractivity contribution in [1.82, 2.24) is 0 Å². The van der Waals surface area contributed by atoms with E-state index in [9.17, 15) is 5.11 Å². The molecule has 0 rings (SSSR count). The molecule has 0 fully saturated rings. The second kappa shape index (κ2) is 9.47. The van der Waals surface area contributed by atoms with Crippen LogP contribution in [0.25, 0.3) is 0 Å². The first kappa shape index (κ1) is 15.2. The van der Waals surface area contributed by atoms with Gasteiger partial charge in [-0.25, -0.2) is 0 Å². The van der Waals surface area contributed by atoms with Crippen LogP contribution in [0.3, 0.4) is 0 Å². The van der Waals surface area contributed by atoms with Crippen LogP contribution in [-0.4, -0.2) is 16.6 Å². The first-order valence-corrected chi connectivity index (χ1v) is 6.88. The number of unbranched alkanes of at least 4 members (excludes halogenated alkanes) is 7. The van der Waals surface area contributed by atoms with Gasteiger partial charge in [-0.2, -0.15) is 0 Å². The lowest BCUT2D eigenvalue weighted by Gasteiger charge is -2.16. The van der Waals surface area contributed by atoms with E-state index in [1.807, 2.05) is 13.8 Å². The van der Waals surface area contributed by atoms with Crippen molar-refractivity contribution in [2.45, 2.75) is 77.2 Å². The van der Waals surface area contributed by atoms with Crippen LogP contribution in [0, 0.1) is 0 Å². The molecule has 0 aromatic carbocycles. The fourth-order valence-corrected chi connectivity index (χ4v) is 1.90. The fourth-order valence-electron chi connectivity index (χ4n) is 1.71. The monoisotopic (exact) mass is 234 g/mol. The van der Waals surface area contributed by atoms with E-state index >= 15 is 0 Å². The van der Waals surface area contributed by atoms with E-state index in [-0.39, 0.29) is 0 Å². The van der Waals surface area contributed by atoms with Gasteiger partial charge in [0.25, 0.3) is 0 Å². The normalized spacial score (nSPS) is 12.0. The van der Waals surface area contributed by atoms with E-state index in [0.717, 1.165) is 18.7 Å². The summed E-state index contributed by atoms with van der Waals surface area (Å²) < 4.78 is 0. The van der Waals surface area contributed by atoms with Gasteiger partial charge in [-0.05, 0) is 26.7 Å². The van der Waals surface area contributed by atoms with Crippen molar-refractivity contribution in [3.63, 3.8) is 0 Å². The number of halogens is 1. The Kier molecular flexibility index (Phi) is 9.63. The van der Waals surface area contributed by atoms with Crippen LogP contribution in [0.15, 0.2) is 0 Å². The van der Waals surface area contributed by atoms with Gasteiger partial charge >= 0.3 is 0 Å². The highest BCUT2D eigenvalue weighted by molar-refractivity contribution is 6.17.